The molecule has 0 aliphatic rings. The maximum absolute atomic E-state index is 12.7. The molecule has 0 spiro atoms. The van der Waals surface area contributed by atoms with Crippen molar-refractivity contribution in [3.63, 3.8) is 0 Å². The Labute approximate surface area is 79.5 Å². The molecule has 1 rings (SSSR count). The van der Waals surface area contributed by atoms with Gasteiger partial charge in [0.1, 0.15) is 0 Å². The monoisotopic (exact) mass is 206 g/mol. The van der Waals surface area contributed by atoms with Crippen LogP contribution in [0.4, 0.5) is 8.78 Å². The van der Waals surface area contributed by atoms with E-state index in [2.05, 4.69) is 0 Å². The maximum Gasteiger partial charge on any atom is 0.160 e. The van der Waals surface area contributed by atoms with Crippen molar-refractivity contribution in [2.45, 2.75) is 6.04 Å². The average Bonchev–Trinajstić information content (AvgIpc) is 2.10. The third-order valence-electron chi connectivity index (χ3n) is 1.69. The highest BCUT2D eigenvalue weighted by molar-refractivity contribution is 6.31. The van der Waals surface area contributed by atoms with Crippen LogP contribution in [0, 0.1) is 11.6 Å². The van der Waals surface area contributed by atoms with Crippen molar-refractivity contribution in [2.75, 3.05) is 6.54 Å². The highest BCUT2D eigenvalue weighted by Gasteiger charge is 2.12. The van der Waals surface area contributed by atoms with Gasteiger partial charge in [0.2, 0.25) is 0 Å². The first-order valence-corrected chi connectivity index (χ1v) is 4.04. The number of hydrogen-bond donors (Lipinski definition) is 2. The average molecular weight is 207 g/mol. The normalized spacial score (nSPS) is 13.0. The molecule has 0 aliphatic heterocycles. The van der Waals surface area contributed by atoms with Crippen molar-refractivity contribution in [1.29, 1.82) is 0 Å². The van der Waals surface area contributed by atoms with Crippen molar-refractivity contribution in [2.24, 2.45) is 11.5 Å². The van der Waals surface area contributed by atoms with Crippen molar-refractivity contribution in [1.82, 2.24) is 0 Å². The summed E-state index contributed by atoms with van der Waals surface area (Å²) in [6, 6.07) is 1.29. The van der Waals surface area contributed by atoms with E-state index in [1.807, 2.05) is 0 Å². The van der Waals surface area contributed by atoms with Crippen LogP contribution < -0.4 is 11.5 Å². The van der Waals surface area contributed by atoms with Gasteiger partial charge in [0.15, 0.2) is 11.6 Å². The Kier molecular flexibility index (Phi) is 3.19. The quantitative estimate of drug-likeness (QED) is 0.722. The zero-order chi connectivity index (χ0) is 10.0. The number of nitrogens with two attached hydrogens (primary N) is 2. The standard InChI is InChI=1S/C8H9ClF2N2/c9-5-2-7(11)6(10)1-4(5)8(13)3-12/h1-2,8H,3,12-13H2/t8-/m0/s1. The topological polar surface area (TPSA) is 52.0 Å². The Hall–Kier alpha value is -0.710. The van der Waals surface area contributed by atoms with E-state index in [-0.39, 0.29) is 11.6 Å². The lowest BCUT2D eigenvalue weighted by molar-refractivity contribution is 0.505. The number of hydrogen-bond acceptors (Lipinski definition) is 2. The van der Waals surface area contributed by atoms with Crippen molar-refractivity contribution in [3.05, 3.63) is 34.4 Å². The van der Waals surface area contributed by atoms with E-state index in [9.17, 15) is 8.78 Å². The van der Waals surface area contributed by atoms with E-state index in [1.54, 1.807) is 0 Å². The smallest absolute Gasteiger partial charge is 0.160 e. The second-order valence-electron chi connectivity index (χ2n) is 2.63. The van der Waals surface area contributed by atoms with Crippen LogP contribution in [0.2, 0.25) is 5.02 Å². The fourth-order valence-corrected chi connectivity index (χ4v) is 1.24. The number of benzene rings is 1. The highest BCUT2D eigenvalue weighted by Crippen LogP contribution is 2.23. The van der Waals surface area contributed by atoms with Crippen LogP contribution in [0.1, 0.15) is 11.6 Å². The van der Waals surface area contributed by atoms with E-state index in [4.69, 9.17) is 23.1 Å². The van der Waals surface area contributed by atoms with E-state index in [1.165, 1.54) is 0 Å². The molecule has 0 aromatic heterocycles. The highest BCUT2D eigenvalue weighted by atomic mass is 35.5. The van der Waals surface area contributed by atoms with Gasteiger partial charge in [-0.05, 0) is 17.7 Å². The van der Waals surface area contributed by atoms with Gasteiger partial charge in [-0.25, -0.2) is 8.78 Å². The summed E-state index contributed by atoms with van der Waals surface area (Å²) < 4.78 is 25.3. The molecule has 4 N–H and O–H groups in total. The minimum absolute atomic E-state index is 0.0943. The van der Waals surface area contributed by atoms with Crippen LogP contribution in [0.15, 0.2) is 12.1 Å². The summed E-state index contributed by atoms with van der Waals surface area (Å²) in [7, 11) is 0. The first-order valence-electron chi connectivity index (χ1n) is 3.66. The molecule has 13 heavy (non-hydrogen) atoms. The number of rotatable bonds is 2. The van der Waals surface area contributed by atoms with Crippen LogP contribution in [-0.4, -0.2) is 6.54 Å². The van der Waals surface area contributed by atoms with E-state index in [0.29, 0.717) is 5.56 Å². The molecule has 2 nitrogen and oxygen atoms in total. The fourth-order valence-electron chi connectivity index (χ4n) is 0.949. The van der Waals surface area contributed by atoms with Crippen LogP contribution in [0.25, 0.3) is 0 Å². The van der Waals surface area contributed by atoms with Gasteiger partial charge in [-0.3, -0.25) is 0 Å². The predicted molar refractivity (Wildman–Crippen MR) is 47.4 cm³/mol. The van der Waals surface area contributed by atoms with Crippen molar-refractivity contribution >= 4 is 11.6 Å². The SMILES string of the molecule is NC[C@H](N)c1cc(F)c(F)cc1Cl. The largest absolute Gasteiger partial charge is 0.329 e. The summed E-state index contributed by atoms with van der Waals surface area (Å²) >= 11 is 5.63. The lowest BCUT2D eigenvalue weighted by Gasteiger charge is -2.11. The Balaban J connectivity index is 3.15. The second-order valence-corrected chi connectivity index (χ2v) is 3.04. The van der Waals surface area contributed by atoms with Gasteiger partial charge in [-0.2, -0.15) is 0 Å². The second kappa shape index (κ2) is 4.00. The van der Waals surface area contributed by atoms with Crippen LogP contribution in [0.3, 0.4) is 0 Å². The molecule has 72 valence electrons. The summed E-state index contributed by atoms with van der Waals surface area (Å²) in [4.78, 5) is 0. The lowest BCUT2D eigenvalue weighted by atomic mass is 10.1. The molecule has 0 fully saturated rings. The minimum atomic E-state index is -0.988. The fraction of sp³-hybridized carbons (Fsp3) is 0.250. The minimum Gasteiger partial charge on any atom is -0.329 e. The van der Waals surface area contributed by atoms with Gasteiger partial charge in [-0.1, -0.05) is 11.6 Å². The van der Waals surface area contributed by atoms with E-state index >= 15 is 0 Å². The molecule has 0 unspecified atom stereocenters. The molecule has 0 saturated carbocycles. The molecule has 1 aromatic carbocycles. The predicted octanol–water partition coefficient (Wildman–Crippen LogP) is 1.58. The van der Waals surface area contributed by atoms with Gasteiger partial charge < -0.3 is 11.5 Å². The lowest BCUT2D eigenvalue weighted by Crippen LogP contribution is -2.21. The first kappa shape index (κ1) is 10.4. The Morgan fingerprint density at radius 3 is 2.38 bits per heavy atom. The van der Waals surface area contributed by atoms with E-state index < -0.39 is 17.7 Å². The molecule has 0 heterocycles. The number of halogens is 3. The molecule has 0 radical (unpaired) electrons. The molecule has 0 aliphatic carbocycles. The summed E-state index contributed by atoms with van der Waals surface area (Å²) in [5.41, 5.74) is 11.1. The summed E-state index contributed by atoms with van der Waals surface area (Å²) in [5, 5.41) is 0.0943. The van der Waals surface area contributed by atoms with Gasteiger partial charge in [0.05, 0.1) is 0 Å². The van der Waals surface area contributed by atoms with Crippen LogP contribution >= 0.6 is 11.6 Å². The first-order chi connectivity index (χ1) is 6.06. The molecule has 1 aromatic rings. The van der Waals surface area contributed by atoms with Crippen molar-refractivity contribution < 1.29 is 8.78 Å². The molecule has 0 amide bonds. The molecule has 0 bridgehead atoms. The summed E-state index contributed by atoms with van der Waals surface area (Å²) in [6.07, 6.45) is 0. The summed E-state index contributed by atoms with van der Waals surface area (Å²) in [5.74, 6) is -1.96. The third kappa shape index (κ3) is 2.15. The Bertz CT molecular complexity index is 317. The molecule has 1 atom stereocenters. The molecular formula is C8H9ClF2N2. The van der Waals surface area contributed by atoms with Crippen LogP contribution in [-0.2, 0) is 0 Å². The summed E-state index contributed by atoms with van der Waals surface area (Å²) in [6.45, 7) is 0.130. The van der Waals surface area contributed by atoms with Gasteiger partial charge in [-0.15, -0.1) is 0 Å². The molecule has 0 saturated heterocycles. The molecule has 5 heteroatoms. The Morgan fingerprint density at radius 2 is 1.85 bits per heavy atom. The molecular weight excluding hydrogens is 198 g/mol. The third-order valence-corrected chi connectivity index (χ3v) is 2.02. The maximum atomic E-state index is 12.7. The van der Waals surface area contributed by atoms with Crippen LogP contribution in [0.5, 0.6) is 0 Å². The zero-order valence-electron chi connectivity index (χ0n) is 6.73. The van der Waals surface area contributed by atoms with Gasteiger partial charge >= 0.3 is 0 Å². The van der Waals surface area contributed by atoms with E-state index in [0.717, 1.165) is 12.1 Å². The van der Waals surface area contributed by atoms with Gasteiger partial charge in [0.25, 0.3) is 0 Å². The van der Waals surface area contributed by atoms with Gasteiger partial charge in [0, 0.05) is 17.6 Å². The van der Waals surface area contributed by atoms with Crippen molar-refractivity contribution in [3.8, 4) is 0 Å². The Morgan fingerprint density at radius 1 is 1.31 bits per heavy atom. The zero-order valence-corrected chi connectivity index (χ0v) is 7.48.